The van der Waals surface area contributed by atoms with E-state index in [0.717, 1.165) is 12.8 Å². The molecule has 0 unspecified atom stereocenters. The molecule has 6 nitrogen and oxygen atoms in total. The lowest BCUT2D eigenvalue weighted by Crippen LogP contribution is -2.40. The Kier molecular flexibility index (Phi) is 6.61. The standard InChI is InChI=1S/C14H22N2O4S/c1-3-5-7-14(8-6-11(17)18,12(19)20-4-2)10-9-21-13(15)16-10/h9H,3-8H2,1-2H3,(H2,15,16)(H,17,18)/p-1/t14-/m0/s1. The molecule has 1 heterocycles. The third-order valence-electron chi connectivity index (χ3n) is 3.39. The van der Waals surface area contributed by atoms with E-state index in [1.807, 2.05) is 6.92 Å². The summed E-state index contributed by atoms with van der Waals surface area (Å²) in [5, 5.41) is 12.9. The van der Waals surface area contributed by atoms with Crippen LogP contribution in [0.2, 0.25) is 0 Å². The Morgan fingerprint density at radius 2 is 2.14 bits per heavy atom. The van der Waals surface area contributed by atoms with Crippen LogP contribution in [0.25, 0.3) is 0 Å². The molecule has 0 amide bonds. The Labute approximate surface area is 128 Å². The maximum atomic E-state index is 12.5. The van der Waals surface area contributed by atoms with Gasteiger partial charge in [0, 0.05) is 11.3 Å². The molecule has 0 aliphatic heterocycles. The number of thiazole rings is 1. The Hall–Kier alpha value is -1.63. The lowest BCUT2D eigenvalue weighted by Gasteiger charge is -2.30. The van der Waals surface area contributed by atoms with E-state index in [9.17, 15) is 14.7 Å². The highest BCUT2D eigenvalue weighted by Crippen LogP contribution is 2.37. The van der Waals surface area contributed by atoms with E-state index < -0.39 is 17.4 Å². The van der Waals surface area contributed by atoms with Crippen LogP contribution < -0.4 is 10.8 Å². The van der Waals surface area contributed by atoms with E-state index in [0.29, 0.717) is 17.2 Å². The minimum absolute atomic E-state index is 0.108. The molecule has 1 rings (SSSR count). The lowest BCUT2D eigenvalue weighted by atomic mass is 9.76. The fraction of sp³-hybridized carbons (Fsp3) is 0.643. The van der Waals surface area contributed by atoms with Gasteiger partial charge in [-0.3, -0.25) is 4.79 Å². The van der Waals surface area contributed by atoms with Crippen LogP contribution in [0.15, 0.2) is 5.38 Å². The summed E-state index contributed by atoms with van der Waals surface area (Å²) in [6.07, 6.45) is 2.02. The summed E-state index contributed by atoms with van der Waals surface area (Å²) in [5.74, 6) is -1.63. The number of nitrogen functional groups attached to an aromatic ring is 1. The number of carbonyl (C=O) groups is 2. The van der Waals surface area contributed by atoms with Crippen LogP contribution in [-0.2, 0) is 19.7 Å². The molecule has 0 aromatic carbocycles. The number of hydrogen-bond donors (Lipinski definition) is 1. The van der Waals surface area contributed by atoms with E-state index in [1.54, 1.807) is 12.3 Å². The zero-order valence-corrected chi connectivity index (χ0v) is 13.2. The predicted molar refractivity (Wildman–Crippen MR) is 78.6 cm³/mol. The highest BCUT2D eigenvalue weighted by atomic mass is 32.1. The smallest absolute Gasteiger partial charge is 0.318 e. The zero-order valence-electron chi connectivity index (χ0n) is 12.4. The minimum Gasteiger partial charge on any atom is -0.550 e. The topological polar surface area (TPSA) is 105 Å². The van der Waals surface area contributed by atoms with Crippen molar-refractivity contribution in [1.82, 2.24) is 4.98 Å². The van der Waals surface area contributed by atoms with Crippen molar-refractivity contribution >= 4 is 28.4 Å². The number of hydrogen-bond acceptors (Lipinski definition) is 7. The molecule has 1 aromatic rings. The molecule has 0 spiro atoms. The van der Waals surface area contributed by atoms with E-state index in [4.69, 9.17) is 10.5 Å². The molecule has 1 atom stereocenters. The Bertz CT molecular complexity index is 489. The van der Waals surface area contributed by atoms with Crippen molar-refractivity contribution in [1.29, 1.82) is 0 Å². The van der Waals surface area contributed by atoms with Gasteiger partial charge in [0.1, 0.15) is 5.41 Å². The van der Waals surface area contributed by atoms with Gasteiger partial charge in [0.05, 0.1) is 12.3 Å². The van der Waals surface area contributed by atoms with Crippen LogP contribution in [0.4, 0.5) is 5.13 Å². The normalized spacial score (nSPS) is 13.6. The van der Waals surface area contributed by atoms with Crippen molar-refractivity contribution in [2.24, 2.45) is 0 Å². The number of aliphatic carboxylic acids is 1. The van der Waals surface area contributed by atoms with Crippen molar-refractivity contribution < 1.29 is 19.4 Å². The average molecular weight is 313 g/mol. The molecule has 0 aliphatic rings. The minimum atomic E-state index is -1.19. The third-order valence-corrected chi connectivity index (χ3v) is 4.07. The molecule has 0 aliphatic carbocycles. The van der Waals surface area contributed by atoms with Crippen molar-refractivity contribution in [2.45, 2.75) is 51.4 Å². The number of rotatable bonds is 9. The third kappa shape index (κ3) is 4.42. The first-order valence-corrected chi connectivity index (χ1v) is 7.92. The van der Waals surface area contributed by atoms with Crippen LogP contribution in [0.3, 0.4) is 0 Å². The first-order chi connectivity index (χ1) is 9.96. The first kappa shape index (κ1) is 17.4. The molecular weight excluding hydrogens is 292 g/mol. The number of carboxylic acid groups (broad SMARTS) is 1. The summed E-state index contributed by atoms with van der Waals surface area (Å²) in [7, 11) is 0. The largest absolute Gasteiger partial charge is 0.550 e. The molecule has 0 fully saturated rings. The zero-order chi connectivity index (χ0) is 15.9. The molecule has 0 radical (unpaired) electrons. The van der Waals surface area contributed by atoms with Gasteiger partial charge >= 0.3 is 5.97 Å². The molecule has 0 saturated heterocycles. The molecule has 118 valence electrons. The summed E-state index contributed by atoms with van der Waals surface area (Å²) in [6, 6.07) is 0. The predicted octanol–water partition coefficient (Wildman–Crippen LogP) is 1.25. The number of aromatic nitrogens is 1. The second kappa shape index (κ2) is 7.97. The monoisotopic (exact) mass is 313 g/mol. The Balaban J connectivity index is 3.18. The average Bonchev–Trinajstić information content (AvgIpc) is 2.86. The Morgan fingerprint density at radius 3 is 2.62 bits per heavy atom. The van der Waals surface area contributed by atoms with Gasteiger partial charge in [-0.25, -0.2) is 4.98 Å². The van der Waals surface area contributed by atoms with E-state index in [-0.39, 0.29) is 19.4 Å². The number of nitrogens with two attached hydrogens (primary N) is 1. The van der Waals surface area contributed by atoms with E-state index in [1.165, 1.54) is 11.3 Å². The highest BCUT2D eigenvalue weighted by Gasteiger charge is 2.42. The van der Waals surface area contributed by atoms with Gasteiger partial charge in [0.2, 0.25) is 0 Å². The van der Waals surface area contributed by atoms with Crippen LogP contribution in [0, 0.1) is 0 Å². The van der Waals surface area contributed by atoms with Crippen LogP contribution in [-0.4, -0.2) is 23.5 Å². The van der Waals surface area contributed by atoms with Crippen LogP contribution >= 0.6 is 11.3 Å². The summed E-state index contributed by atoms with van der Waals surface area (Å²) < 4.78 is 5.17. The summed E-state index contributed by atoms with van der Waals surface area (Å²) in [5.41, 5.74) is 5.10. The number of nitrogens with zero attached hydrogens (tertiary/aromatic N) is 1. The number of carboxylic acids is 1. The summed E-state index contributed by atoms with van der Waals surface area (Å²) in [6.45, 7) is 3.96. The quantitative estimate of drug-likeness (QED) is 0.688. The van der Waals surface area contributed by atoms with Gasteiger partial charge in [0.15, 0.2) is 5.13 Å². The fourth-order valence-corrected chi connectivity index (χ4v) is 2.92. The summed E-state index contributed by atoms with van der Waals surface area (Å²) in [4.78, 5) is 27.5. The molecule has 0 bridgehead atoms. The number of anilines is 1. The maximum absolute atomic E-state index is 12.5. The van der Waals surface area contributed by atoms with E-state index >= 15 is 0 Å². The molecule has 0 saturated carbocycles. The van der Waals surface area contributed by atoms with Crippen molar-refractivity contribution in [3.05, 3.63) is 11.1 Å². The van der Waals surface area contributed by atoms with Crippen LogP contribution in [0.1, 0.15) is 51.6 Å². The highest BCUT2D eigenvalue weighted by molar-refractivity contribution is 7.13. The van der Waals surface area contributed by atoms with Crippen molar-refractivity contribution in [2.75, 3.05) is 12.3 Å². The number of carbonyl (C=O) groups excluding carboxylic acids is 2. The molecule has 21 heavy (non-hydrogen) atoms. The number of esters is 1. The molecule has 7 heteroatoms. The van der Waals surface area contributed by atoms with Crippen molar-refractivity contribution in [3.8, 4) is 0 Å². The van der Waals surface area contributed by atoms with E-state index in [2.05, 4.69) is 4.98 Å². The van der Waals surface area contributed by atoms with Gasteiger partial charge in [0.25, 0.3) is 0 Å². The van der Waals surface area contributed by atoms with Crippen molar-refractivity contribution in [3.63, 3.8) is 0 Å². The second-order valence-corrected chi connectivity index (χ2v) is 5.74. The first-order valence-electron chi connectivity index (χ1n) is 7.04. The van der Waals surface area contributed by atoms with Gasteiger partial charge in [-0.1, -0.05) is 19.8 Å². The molecule has 1 aromatic heterocycles. The molecule has 2 N–H and O–H groups in total. The van der Waals surface area contributed by atoms with Gasteiger partial charge in [-0.05, 0) is 26.2 Å². The number of ether oxygens (including phenoxy) is 1. The number of unbranched alkanes of at least 4 members (excludes halogenated alkanes) is 1. The maximum Gasteiger partial charge on any atom is 0.318 e. The van der Waals surface area contributed by atoms with Gasteiger partial charge in [-0.15, -0.1) is 11.3 Å². The molecular formula is C14H21N2O4S-. The summed E-state index contributed by atoms with van der Waals surface area (Å²) >= 11 is 1.23. The van der Waals surface area contributed by atoms with Gasteiger partial charge in [-0.2, -0.15) is 0 Å². The fourth-order valence-electron chi connectivity index (χ4n) is 2.26. The second-order valence-electron chi connectivity index (χ2n) is 4.85. The Morgan fingerprint density at radius 1 is 1.43 bits per heavy atom. The SMILES string of the molecule is CCCC[C@@](CCC(=O)[O-])(C(=O)OCC)c1csc(N)n1. The lowest BCUT2D eigenvalue weighted by molar-refractivity contribution is -0.306. The van der Waals surface area contributed by atoms with Crippen LogP contribution in [0.5, 0.6) is 0 Å². The van der Waals surface area contributed by atoms with Gasteiger partial charge < -0.3 is 20.4 Å².